The van der Waals surface area contributed by atoms with Gasteiger partial charge in [-0.2, -0.15) is 4.98 Å². The average Bonchev–Trinajstić information content (AvgIpc) is 2.93. The topological polar surface area (TPSA) is 160 Å². The third-order valence-corrected chi connectivity index (χ3v) is 3.24. The fraction of sp³-hybridized carbons (Fsp3) is 0.500. The van der Waals surface area contributed by atoms with E-state index in [0.29, 0.717) is 0 Å². The van der Waals surface area contributed by atoms with E-state index in [1.165, 1.54) is 10.9 Å². The summed E-state index contributed by atoms with van der Waals surface area (Å²) < 4.78 is 6.64. The zero-order valence-corrected chi connectivity index (χ0v) is 10.2. The van der Waals surface area contributed by atoms with Gasteiger partial charge in [0.1, 0.15) is 18.3 Å². The zero-order chi connectivity index (χ0) is 14.4. The number of rotatable bonds is 2. The summed E-state index contributed by atoms with van der Waals surface area (Å²) in [7, 11) is 0. The number of aromatic nitrogens is 4. The van der Waals surface area contributed by atoms with Crippen LogP contribution in [0, 0.1) is 0 Å². The lowest BCUT2D eigenvalue weighted by Gasteiger charge is -2.16. The monoisotopic (exact) mass is 283 g/mol. The first-order chi connectivity index (χ1) is 9.52. The molecule has 1 aliphatic rings. The van der Waals surface area contributed by atoms with Gasteiger partial charge in [0, 0.05) is 0 Å². The number of aliphatic hydroxyl groups excluding tert-OH is 3. The summed E-state index contributed by atoms with van der Waals surface area (Å²) in [5.41, 5.74) is 5.12. The maximum atomic E-state index is 11.7. The van der Waals surface area contributed by atoms with Gasteiger partial charge in [-0.25, -0.2) is 4.98 Å². The predicted octanol–water partition coefficient (Wildman–Crippen LogP) is -2.69. The van der Waals surface area contributed by atoms with E-state index in [1.54, 1.807) is 0 Å². The van der Waals surface area contributed by atoms with E-state index in [0.717, 1.165) is 0 Å². The minimum absolute atomic E-state index is 0.0388. The first-order valence-electron chi connectivity index (χ1n) is 5.87. The molecule has 0 aliphatic carbocycles. The highest BCUT2D eigenvalue weighted by Crippen LogP contribution is 2.30. The standard InChI is InChI=1S/C10H13N5O5/c11-10-13-7-4(8(19)14-10)12-2-15(7)9-6(18)5(17)3(1-16)20-9/h2-3,5-6,9,16-18H,1H2,(H3,11,13,14,19)/t3?,5-,6-,9+/m0/s1. The van der Waals surface area contributed by atoms with Gasteiger partial charge in [0.05, 0.1) is 12.9 Å². The predicted molar refractivity (Wildman–Crippen MR) is 65.6 cm³/mol. The average molecular weight is 283 g/mol. The van der Waals surface area contributed by atoms with Gasteiger partial charge in [0.25, 0.3) is 5.56 Å². The van der Waals surface area contributed by atoms with E-state index in [-0.39, 0.29) is 17.1 Å². The summed E-state index contributed by atoms with van der Waals surface area (Å²) in [6, 6.07) is 0. The number of hydrogen-bond acceptors (Lipinski definition) is 8. The highest BCUT2D eigenvalue weighted by molar-refractivity contribution is 5.70. The Morgan fingerprint density at radius 1 is 1.45 bits per heavy atom. The lowest BCUT2D eigenvalue weighted by molar-refractivity contribution is -0.0511. The second kappa shape index (κ2) is 4.52. The van der Waals surface area contributed by atoms with Crippen molar-refractivity contribution in [3.63, 3.8) is 0 Å². The number of imidazole rings is 1. The first-order valence-corrected chi connectivity index (χ1v) is 5.87. The van der Waals surface area contributed by atoms with Gasteiger partial charge in [-0.1, -0.05) is 0 Å². The third kappa shape index (κ3) is 1.78. The van der Waals surface area contributed by atoms with Crippen molar-refractivity contribution in [3.8, 4) is 0 Å². The van der Waals surface area contributed by atoms with E-state index in [9.17, 15) is 15.0 Å². The molecule has 1 saturated heterocycles. The van der Waals surface area contributed by atoms with Gasteiger partial charge in [-0.15, -0.1) is 0 Å². The van der Waals surface area contributed by atoms with E-state index in [2.05, 4.69) is 15.0 Å². The summed E-state index contributed by atoms with van der Waals surface area (Å²) >= 11 is 0. The van der Waals surface area contributed by atoms with E-state index >= 15 is 0 Å². The number of aliphatic hydroxyl groups is 3. The van der Waals surface area contributed by atoms with Crippen molar-refractivity contribution in [1.82, 2.24) is 19.5 Å². The molecule has 20 heavy (non-hydrogen) atoms. The Balaban J connectivity index is 2.09. The molecule has 2 aromatic heterocycles. The molecule has 0 amide bonds. The summed E-state index contributed by atoms with van der Waals surface area (Å²) in [5.74, 6) is -0.101. The van der Waals surface area contributed by atoms with Crippen LogP contribution in [0.5, 0.6) is 0 Å². The number of fused-ring (bicyclic) bond motifs is 1. The molecular formula is C10H13N5O5. The first kappa shape index (κ1) is 13.0. The quantitative estimate of drug-likeness (QED) is 0.398. The number of ether oxygens (including phenoxy) is 1. The highest BCUT2D eigenvalue weighted by atomic mass is 16.6. The Morgan fingerprint density at radius 3 is 2.85 bits per heavy atom. The molecule has 10 heteroatoms. The molecule has 0 bridgehead atoms. The van der Waals surface area contributed by atoms with Crippen molar-refractivity contribution in [2.75, 3.05) is 12.3 Å². The van der Waals surface area contributed by atoms with Crippen LogP contribution in [0.15, 0.2) is 11.1 Å². The van der Waals surface area contributed by atoms with E-state index in [4.69, 9.17) is 15.6 Å². The highest BCUT2D eigenvalue weighted by Gasteiger charge is 2.44. The number of nitrogens with zero attached hydrogens (tertiary/aromatic N) is 3. The molecule has 6 N–H and O–H groups in total. The summed E-state index contributed by atoms with van der Waals surface area (Å²) in [4.78, 5) is 21.8. The van der Waals surface area contributed by atoms with Crippen molar-refractivity contribution >= 4 is 17.1 Å². The molecule has 3 heterocycles. The van der Waals surface area contributed by atoms with Crippen LogP contribution in [-0.4, -0.2) is 59.8 Å². The molecule has 1 aliphatic heterocycles. The van der Waals surface area contributed by atoms with Gasteiger partial charge in [0.15, 0.2) is 17.4 Å². The molecule has 10 nitrogen and oxygen atoms in total. The van der Waals surface area contributed by atoms with Crippen molar-refractivity contribution in [1.29, 1.82) is 0 Å². The second-order valence-electron chi connectivity index (χ2n) is 4.50. The number of nitrogen functional groups attached to an aromatic ring is 1. The third-order valence-electron chi connectivity index (χ3n) is 3.24. The van der Waals surface area contributed by atoms with E-state index < -0.39 is 36.7 Å². The molecule has 3 rings (SSSR count). The Labute approximate surface area is 111 Å². The molecular weight excluding hydrogens is 270 g/mol. The molecule has 0 saturated carbocycles. The van der Waals surface area contributed by atoms with Crippen molar-refractivity contribution in [2.45, 2.75) is 24.5 Å². The molecule has 4 atom stereocenters. The SMILES string of the molecule is Nc1nc2c(ncn2[C@@H]2OC(CO)[C@H](O)[C@@H]2O)c(=O)[nH]1. The van der Waals surface area contributed by atoms with E-state index in [1.807, 2.05) is 0 Å². The molecule has 0 radical (unpaired) electrons. The summed E-state index contributed by atoms with van der Waals surface area (Å²) in [6.07, 6.45) is -3.21. The number of hydrogen-bond donors (Lipinski definition) is 5. The van der Waals surface area contributed by atoms with Crippen molar-refractivity contribution in [2.24, 2.45) is 0 Å². The van der Waals surface area contributed by atoms with Crippen LogP contribution in [0.4, 0.5) is 5.95 Å². The van der Waals surface area contributed by atoms with Gasteiger partial charge < -0.3 is 25.8 Å². The Morgan fingerprint density at radius 2 is 2.20 bits per heavy atom. The molecule has 0 spiro atoms. The van der Waals surface area contributed by atoms with Gasteiger partial charge in [-0.05, 0) is 0 Å². The van der Waals surface area contributed by atoms with Gasteiger partial charge in [0.2, 0.25) is 5.95 Å². The largest absolute Gasteiger partial charge is 0.394 e. The number of nitrogens with one attached hydrogen (secondary N) is 1. The number of anilines is 1. The van der Waals surface area contributed by atoms with Crippen LogP contribution in [0.1, 0.15) is 6.23 Å². The number of H-pyrrole nitrogens is 1. The van der Waals surface area contributed by atoms with Crippen LogP contribution >= 0.6 is 0 Å². The lowest BCUT2D eigenvalue weighted by atomic mass is 10.1. The second-order valence-corrected chi connectivity index (χ2v) is 4.50. The van der Waals surface area contributed by atoms with Gasteiger partial charge in [-0.3, -0.25) is 14.3 Å². The lowest BCUT2D eigenvalue weighted by Crippen LogP contribution is -2.33. The number of aromatic amines is 1. The molecule has 108 valence electrons. The molecule has 1 unspecified atom stereocenters. The summed E-state index contributed by atoms with van der Waals surface area (Å²) in [6.45, 7) is -0.447. The zero-order valence-electron chi connectivity index (χ0n) is 10.2. The van der Waals surface area contributed by atoms with Crippen LogP contribution in [0.25, 0.3) is 11.2 Å². The fourth-order valence-corrected chi connectivity index (χ4v) is 2.24. The number of nitrogens with two attached hydrogens (primary N) is 1. The van der Waals surface area contributed by atoms with Crippen molar-refractivity contribution < 1.29 is 20.1 Å². The minimum atomic E-state index is -1.29. The maximum Gasteiger partial charge on any atom is 0.280 e. The Bertz CT molecular complexity index is 697. The minimum Gasteiger partial charge on any atom is -0.394 e. The van der Waals surface area contributed by atoms with Crippen LogP contribution in [0.2, 0.25) is 0 Å². The smallest absolute Gasteiger partial charge is 0.280 e. The molecule has 0 aromatic carbocycles. The van der Waals surface area contributed by atoms with Crippen molar-refractivity contribution in [3.05, 3.63) is 16.7 Å². The normalized spacial score (nSPS) is 30.1. The van der Waals surface area contributed by atoms with Crippen LogP contribution < -0.4 is 11.3 Å². The Hall–Kier alpha value is -2.01. The fourth-order valence-electron chi connectivity index (χ4n) is 2.24. The molecule has 1 fully saturated rings. The molecule has 2 aromatic rings. The van der Waals surface area contributed by atoms with Gasteiger partial charge >= 0.3 is 0 Å². The van der Waals surface area contributed by atoms with Crippen LogP contribution in [-0.2, 0) is 4.74 Å². The maximum absolute atomic E-state index is 11.7. The summed E-state index contributed by atoms with van der Waals surface area (Å²) in [5, 5.41) is 28.7. The van der Waals surface area contributed by atoms with Crippen LogP contribution in [0.3, 0.4) is 0 Å². The Kier molecular flexibility index (Phi) is 2.94.